The molecule has 1 amide bonds. The quantitative estimate of drug-likeness (QED) is 0.835. The predicted molar refractivity (Wildman–Crippen MR) is 72.4 cm³/mol. The standard InChI is InChI=1S/C15H19NO3/c1-11(17)10-12-6-5-9-16(12)15(18)13-7-3-4-8-14(13)19-2/h3-4,7-8,12H,5-6,9-10H2,1-2H3. The predicted octanol–water partition coefficient (Wildman–Crippen LogP) is 2.28. The Labute approximate surface area is 113 Å². The summed E-state index contributed by atoms with van der Waals surface area (Å²) in [5, 5.41) is 0. The Bertz CT molecular complexity index is 484. The zero-order valence-corrected chi connectivity index (χ0v) is 11.4. The van der Waals surface area contributed by atoms with Crippen molar-refractivity contribution in [2.24, 2.45) is 0 Å². The fourth-order valence-electron chi connectivity index (χ4n) is 2.62. The summed E-state index contributed by atoms with van der Waals surface area (Å²) < 4.78 is 5.23. The number of hydrogen-bond acceptors (Lipinski definition) is 3. The number of rotatable bonds is 4. The van der Waals surface area contributed by atoms with Crippen molar-refractivity contribution in [2.75, 3.05) is 13.7 Å². The Balaban J connectivity index is 2.20. The third-order valence-electron chi connectivity index (χ3n) is 3.50. The van der Waals surface area contributed by atoms with E-state index in [1.165, 1.54) is 0 Å². The largest absolute Gasteiger partial charge is 0.496 e. The number of ether oxygens (including phenoxy) is 1. The van der Waals surface area contributed by atoms with Gasteiger partial charge in [-0.3, -0.25) is 9.59 Å². The van der Waals surface area contributed by atoms with E-state index >= 15 is 0 Å². The van der Waals surface area contributed by atoms with Gasteiger partial charge < -0.3 is 9.64 Å². The molecule has 4 nitrogen and oxygen atoms in total. The molecular formula is C15H19NO3. The van der Waals surface area contributed by atoms with Crippen LogP contribution in [0.1, 0.15) is 36.5 Å². The number of carbonyl (C=O) groups is 2. The lowest BCUT2D eigenvalue weighted by Crippen LogP contribution is -2.36. The molecule has 1 aliphatic heterocycles. The maximum atomic E-state index is 12.6. The zero-order chi connectivity index (χ0) is 13.8. The molecule has 0 bridgehead atoms. The minimum atomic E-state index is -0.0406. The Morgan fingerprint density at radius 2 is 2.11 bits per heavy atom. The second-order valence-corrected chi connectivity index (χ2v) is 4.90. The third-order valence-corrected chi connectivity index (χ3v) is 3.50. The third kappa shape index (κ3) is 2.95. The molecule has 1 heterocycles. The van der Waals surface area contributed by atoms with E-state index in [2.05, 4.69) is 0 Å². The van der Waals surface area contributed by atoms with Crippen molar-refractivity contribution in [1.82, 2.24) is 4.90 Å². The summed E-state index contributed by atoms with van der Waals surface area (Å²) in [5.41, 5.74) is 0.570. The number of benzene rings is 1. The minimum Gasteiger partial charge on any atom is -0.496 e. The number of amides is 1. The van der Waals surface area contributed by atoms with Crippen LogP contribution in [0.5, 0.6) is 5.75 Å². The Hall–Kier alpha value is -1.84. The highest BCUT2D eigenvalue weighted by Gasteiger charge is 2.31. The molecule has 1 unspecified atom stereocenters. The molecule has 1 atom stereocenters. The highest BCUT2D eigenvalue weighted by atomic mass is 16.5. The maximum Gasteiger partial charge on any atom is 0.257 e. The SMILES string of the molecule is COc1ccccc1C(=O)N1CCCC1CC(C)=O. The van der Waals surface area contributed by atoms with E-state index in [4.69, 9.17) is 4.74 Å². The van der Waals surface area contributed by atoms with E-state index in [0.29, 0.717) is 17.7 Å². The molecule has 1 aromatic carbocycles. The minimum absolute atomic E-state index is 0.0370. The van der Waals surface area contributed by atoms with Gasteiger partial charge in [0.2, 0.25) is 0 Å². The monoisotopic (exact) mass is 261 g/mol. The number of ketones is 1. The number of carbonyl (C=O) groups excluding carboxylic acids is 2. The fraction of sp³-hybridized carbons (Fsp3) is 0.467. The molecule has 1 saturated heterocycles. The molecule has 1 aliphatic rings. The van der Waals surface area contributed by atoms with Crippen molar-refractivity contribution in [3.63, 3.8) is 0 Å². The van der Waals surface area contributed by atoms with Crippen molar-refractivity contribution in [2.45, 2.75) is 32.2 Å². The van der Waals surface area contributed by atoms with Crippen molar-refractivity contribution in [3.05, 3.63) is 29.8 Å². The topological polar surface area (TPSA) is 46.6 Å². The van der Waals surface area contributed by atoms with Crippen LogP contribution in [0.2, 0.25) is 0 Å². The molecule has 0 aliphatic carbocycles. The van der Waals surface area contributed by atoms with Crippen LogP contribution in [0.3, 0.4) is 0 Å². The van der Waals surface area contributed by atoms with E-state index in [1.807, 2.05) is 12.1 Å². The van der Waals surface area contributed by atoms with Crippen molar-refractivity contribution >= 4 is 11.7 Å². The van der Waals surface area contributed by atoms with Crippen LogP contribution in [-0.2, 0) is 4.79 Å². The number of Topliss-reactive ketones (excluding diaryl/α,β-unsaturated/α-hetero) is 1. The van der Waals surface area contributed by atoms with Gasteiger partial charge in [0, 0.05) is 19.0 Å². The Morgan fingerprint density at radius 3 is 2.79 bits per heavy atom. The van der Waals surface area contributed by atoms with Gasteiger partial charge in [-0.05, 0) is 31.9 Å². The number of nitrogens with zero attached hydrogens (tertiary/aromatic N) is 1. The number of hydrogen-bond donors (Lipinski definition) is 0. The lowest BCUT2D eigenvalue weighted by atomic mass is 10.1. The van der Waals surface area contributed by atoms with Gasteiger partial charge in [0.15, 0.2) is 0 Å². The molecule has 0 spiro atoms. The van der Waals surface area contributed by atoms with Gasteiger partial charge in [-0.15, -0.1) is 0 Å². The molecule has 2 rings (SSSR count). The summed E-state index contributed by atoms with van der Waals surface area (Å²) in [6.07, 6.45) is 2.31. The second kappa shape index (κ2) is 5.87. The summed E-state index contributed by atoms with van der Waals surface area (Å²) in [5.74, 6) is 0.673. The first-order valence-electron chi connectivity index (χ1n) is 6.57. The number of para-hydroxylation sites is 1. The summed E-state index contributed by atoms with van der Waals surface area (Å²) in [6.45, 7) is 2.29. The molecule has 1 fully saturated rings. The van der Waals surface area contributed by atoms with Gasteiger partial charge in [-0.25, -0.2) is 0 Å². The molecule has 19 heavy (non-hydrogen) atoms. The lowest BCUT2D eigenvalue weighted by Gasteiger charge is -2.24. The first kappa shape index (κ1) is 13.6. The molecule has 1 aromatic rings. The van der Waals surface area contributed by atoms with Gasteiger partial charge >= 0.3 is 0 Å². The first-order valence-corrected chi connectivity index (χ1v) is 6.57. The summed E-state index contributed by atoms with van der Waals surface area (Å²) >= 11 is 0. The molecule has 4 heteroatoms. The second-order valence-electron chi connectivity index (χ2n) is 4.90. The summed E-state index contributed by atoms with van der Waals surface area (Å²) in [7, 11) is 1.56. The van der Waals surface area contributed by atoms with E-state index in [9.17, 15) is 9.59 Å². The highest BCUT2D eigenvalue weighted by Crippen LogP contribution is 2.26. The van der Waals surface area contributed by atoms with Gasteiger partial charge in [-0.2, -0.15) is 0 Å². The van der Waals surface area contributed by atoms with Gasteiger partial charge in [0.1, 0.15) is 11.5 Å². The fourth-order valence-corrected chi connectivity index (χ4v) is 2.62. The van der Waals surface area contributed by atoms with Crippen molar-refractivity contribution in [1.29, 1.82) is 0 Å². The van der Waals surface area contributed by atoms with Crippen LogP contribution in [0.25, 0.3) is 0 Å². The Morgan fingerprint density at radius 1 is 1.37 bits per heavy atom. The van der Waals surface area contributed by atoms with Crippen LogP contribution in [0.4, 0.5) is 0 Å². The van der Waals surface area contributed by atoms with E-state index in [1.54, 1.807) is 31.1 Å². The van der Waals surface area contributed by atoms with E-state index in [-0.39, 0.29) is 17.7 Å². The summed E-state index contributed by atoms with van der Waals surface area (Å²) in [4.78, 5) is 25.6. The average molecular weight is 261 g/mol. The molecule has 0 saturated carbocycles. The normalized spacial score (nSPS) is 18.4. The molecule has 102 valence electrons. The number of likely N-dealkylation sites (tertiary alicyclic amines) is 1. The van der Waals surface area contributed by atoms with Crippen LogP contribution in [0.15, 0.2) is 24.3 Å². The first-order chi connectivity index (χ1) is 9.13. The van der Waals surface area contributed by atoms with Crippen molar-refractivity contribution in [3.8, 4) is 5.75 Å². The zero-order valence-electron chi connectivity index (χ0n) is 11.4. The van der Waals surface area contributed by atoms with E-state index in [0.717, 1.165) is 19.4 Å². The van der Waals surface area contributed by atoms with Crippen LogP contribution >= 0.6 is 0 Å². The molecule has 0 N–H and O–H groups in total. The van der Waals surface area contributed by atoms with Crippen LogP contribution in [0, 0.1) is 0 Å². The molecular weight excluding hydrogens is 242 g/mol. The smallest absolute Gasteiger partial charge is 0.257 e. The Kier molecular flexibility index (Phi) is 4.20. The summed E-state index contributed by atoms with van der Waals surface area (Å²) in [6, 6.07) is 7.25. The maximum absolute atomic E-state index is 12.6. The van der Waals surface area contributed by atoms with Gasteiger partial charge in [0.25, 0.3) is 5.91 Å². The van der Waals surface area contributed by atoms with Gasteiger partial charge in [-0.1, -0.05) is 12.1 Å². The van der Waals surface area contributed by atoms with E-state index < -0.39 is 0 Å². The van der Waals surface area contributed by atoms with Crippen molar-refractivity contribution < 1.29 is 14.3 Å². The van der Waals surface area contributed by atoms with Crippen LogP contribution < -0.4 is 4.74 Å². The number of methoxy groups -OCH3 is 1. The van der Waals surface area contributed by atoms with Crippen LogP contribution in [-0.4, -0.2) is 36.3 Å². The average Bonchev–Trinajstić information content (AvgIpc) is 2.85. The lowest BCUT2D eigenvalue weighted by molar-refractivity contribution is -0.117. The molecule has 0 radical (unpaired) electrons. The van der Waals surface area contributed by atoms with Gasteiger partial charge in [0.05, 0.1) is 12.7 Å². The highest BCUT2D eigenvalue weighted by molar-refractivity contribution is 5.97. The molecule has 0 aromatic heterocycles.